The summed E-state index contributed by atoms with van der Waals surface area (Å²) in [6.07, 6.45) is 0. The molecule has 0 saturated heterocycles. The van der Waals surface area contributed by atoms with Gasteiger partial charge in [0.25, 0.3) is 0 Å². The fourth-order valence-electron chi connectivity index (χ4n) is 1.23. The topological polar surface area (TPSA) is 0 Å². The molecule has 0 fully saturated rings. The molecule has 0 nitrogen and oxygen atoms in total. The third kappa shape index (κ3) is 2.78. The van der Waals surface area contributed by atoms with Crippen LogP contribution in [0.15, 0.2) is 48.5 Å². The lowest BCUT2D eigenvalue weighted by molar-refractivity contribution is -0.597. The summed E-state index contributed by atoms with van der Waals surface area (Å²) >= 11 is -0.241. The van der Waals surface area contributed by atoms with Crippen LogP contribution in [0, 0.1) is 19.9 Å². The van der Waals surface area contributed by atoms with Crippen molar-refractivity contribution in [2.24, 2.45) is 0 Å². The third-order valence-electron chi connectivity index (χ3n) is 2.09. The molecule has 0 unspecified atom stereocenters. The lowest BCUT2D eigenvalue weighted by Gasteiger charge is -1.92. The first kappa shape index (κ1) is 10.6. The van der Waals surface area contributed by atoms with E-state index in [1.54, 1.807) is 13.0 Å². The van der Waals surface area contributed by atoms with Gasteiger partial charge in [0, 0.05) is 6.07 Å². The standard InChI is InChI=1S/C13H11FI/c1-10-7-8-12(9-13(10)14)15-11-5-3-2-4-6-11/h2-9H,1H3/q+1. The predicted octanol–water partition coefficient (Wildman–Crippen LogP) is 0.263. The number of hydrogen-bond donors (Lipinski definition) is 0. The monoisotopic (exact) mass is 313 g/mol. The summed E-state index contributed by atoms with van der Waals surface area (Å²) < 4.78 is 15.7. The van der Waals surface area contributed by atoms with Crippen molar-refractivity contribution < 1.29 is 25.6 Å². The molecule has 15 heavy (non-hydrogen) atoms. The Bertz CT molecular complexity index is 451. The maximum absolute atomic E-state index is 13.3. The Balaban J connectivity index is 2.22. The molecular weight excluding hydrogens is 302 g/mol. The summed E-state index contributed by atoms with van der Waals surface area (Å²) in [5.74, 6) is -0.0943. The molecule has 0 aliphatic rings. The van der Waals surface area contributed by atoms with Gasteiger partial charge in [0.15, 0.2) is 7.14 Å². The number of hydrogen-bond acceptors (Lipinski definition) is 0. The van der Waals surface area contributed by atoms with Crippen LogP contribution in [0.4, 0.5) is 4.39 Å². The first-order valence-electron chi connectivity index (χ1n) is 4.72. The first-order chi connectivity index (χ1) is 7.25. The first-order valence-corrected chi connectivity index (χ1v) is 6.87. The maximum Gasteiger partial charge on any atom is 0.358 e. The number of benzene rings is 2. The van der Waals surface area contributed by atoms with E-state index in [1.807, 2.05) is 30.3 Å². The van der Waals surface area contributed by atoms with E-state index in [-0.39, 0.29) is 27.0 Å². The minimum atomic E-state index is -0.241. The van der Waals surface area contributed by atoms with Crippen molar-refractivity contribution in [1.82, 2.24) is 0 Å². The van der Waals surface area contributed by atoms with Crippen LogP contribution >= 0.6 is 0 Å². The molecule has 0 aliphatic heterocycles. The van der Waals surface area contributed by atoms with Crippen molar-refractivity contribution in [1.29, 1.82) is 0 Å². The van der Waals surface area contributed by atoms with Crippen LogP contribution in [0.2, 0.25) is 0 Å². The highest BCUT2D eigenvalue weighted by molar-refractivity contribution is 5.14. The zero-order valence-corrected chi connectivity index (χ0v) is 10.5. The van der Waals surface area contributed by atoms with E-state index in [9.17, 15) is 4.39 Å². The second-order valence-electron chi connectivity index (χ2n) is 3.28. The molecule has 2 aromatic rings. The van der Waals surface area contributed by atoms with Gasteiger partial charge in [-0.05, 0) is 30.7 Å². The number of rotatable bonds is 2. The number of aryl methyl sites for hydroxylation is 1. The molecule has 0 heterocycles. The van der Waals surface area contributed by atoms with E-state index < -0.39 is 0 Å². The van der Waals surface area contributed by atoms with Gasteiger partial charge in [-0.3, -0.25) is 0 Å². The molecule has 0 spiro atoms. The van der Waals surface area contributed by atoms with Crippen LogP contribution in [0.25, 0.3) is 0 Å². The van der Waals surface area contributed by atoms with E-state index in [4.69, 9.17) is 0 Å². The van der Waals surface area contributed by atoms with Crippen molar-refractivity contribution in [2.45, 2.75) is 6.92 Å². The number of halogens is 2. The van der Waals surface area contributed by atoms with Crippen molar-refractivity contribution in [2.75, 3.05) is 0 Å². The van der Waals surface area contributed by atoms with Crippen LogP contribution in [-0.2, 0) is 0 Å². The molecule has 0 amide bonds. The molecule has 0 N–H and O–H groups in total. The third-order valence-corrected chi connectivity index (χ3v) is 4.72. The van der Waals surface area contributed by atoms with Gasteiger partial charge in [0.2, 0.25) is 0 Å². The van der Waals surface area contributed by atoms with Crippen molar-refractivity contribution in [3.8, 4) is 0 Å². The lowest BCUT2D eigenvalue weighted by Crippen LogP contribution is -3.61. The molecule has 0 radical (unpaired) electrons. The summed E-state index contributed by atoms with van der Waals surface area (Å²) in [5, 5.41) is 0. The fourth-order valence-corrected chi connectivity index (χ4v) is 3.51. The van der Waals surface area contributed by atoms with E-state index in [0.29, 0.717) is 0 Å². The summed E-state index contributed by atoms with van der Waals surface area (Å²) in [4.78, 5) is 0. The summed E-state index contributed by atoms with van der Waals surface area (Å²) in [6.45, 7) is 1.79. The highest BCUT2D eigenvalue weighted by Gasteiger charge is 2.15. The molecule has 2 rings (SSSR count). The zero-order valence-electron chi connectivity index (χ0n) is 8.37. The van der Waals surface area contributed by atoms with Gasteiger partial charge in [0.05, 0.1) is 0 Å². The zero-order chi connectivity index (χ0) is 10.7. The summed E-state index contributed by atoms with van der Waals surface area (Å²) in [7, 11) is 0. The minimum absolute atomic E-state index is 0.0943. The molecule has 2 heteroatoms. The van der Waals surface area contributed by atoms with Crippen LogP contribution in [0.3, 0.4) is 0 Å². The maximum atomic E-state index is 13.3. The largest absolute Gasteiger partial charge is 0.358 e. The minimum Gasteiger partial charge on any atom is -0.207 e. The Morgan fingerprint density at radius 2 is 1.67 bits per heavy atom. The Kier molecular flexibility index (Phi) is 3.36. The second kappa shape index (κ2) is 4.75. The van der Waals surface area contributed by atoms with Crippen LogP contribution < -0.4 is 21.2 Å². The summed E-state index contributed by atoms with van der Waals surface area (Å²) in [6, 6.07) is 15.8. The molecule has 0 aliphatic carbocycles. The Morgan fingerprint density at radius 3 is 2.33 bits per heavy atom. The van der Waals surface area contributed by atoms with E-state index in [1.165, 1.54) is 3.57 Å². The smallest absolute Gasteiger partial charge is 0.207 e. The van der Waals surface area contributed by atoms with Gasteiger partial charge in [0.1, 0.15) is 5.82 Å². The quantitative estimate of drug-likeness (QED) is 0.698. The molecular formula is C13H11FI+. The molecule has 0 bridgehead atoms. The Labute approximate surface area is 99.4 Å². The Hall–Kier alpha value is -0.900. The van der Waals surface area contributed by atoms with E-state index >= 15 is 0 Å². The highest BCUT2D eigenvalue weighted by Crippen LogP contribution is 2.02. The molecule has 76 valence electrons. The fraction of sp³-hybridized carbons (Fsp3) is 0.0769. The second-order valence-corrected chi connectivity index (χ2v) is 6.31. The predicted molar refractivity (Wildman–Crippen MR) is 55.0 cm³/mol. The van der Waals surface area contributed by atoms with Gasteiger partial charge >= 0.3 is 21.2 Å². The lowest BCUT2D eigenvalue weighted by atomic mass is 10.2. The van der Waals surface area contributed by atoms with Crippen LogP contribution in [0.1, 0.15) is 5.56 Å². The molecule has 2 aromatic carbocycles. The van der Waals surface area contributed by atoms with E-state index in [2.05, 4.69) is 12.1 Å². The van der Waals surface area contributed by atoms with Gasteiger partial charge < -0.3 is 0 Å². The normalized spacial score (nSPS) is 10.3. The van der Waals surface area contributed by atoms with Crippen molar-refractivity contribution in [3.05, 3.63) is 67.1 Å². The van der Waals surface area contributed by atoms with Gasteiger partial charge in [-0.1, -0.05) is 24.3 Å². The van der Waals surface area contributed by atoms with Crippen LogP contribution in [0.5, 0.6) is 0 Å². The van der Waals surface area contributed by atoms with Crippen molar-refractivity contribution in [3.63, 3.8) is 0 Å². The van der Waals surface area contributed by atoms with Crippen LogP contribution in [-0.4, -0.2) is 0 Å². The SMILES string of the molecule is Cc1ccc([I+]c2ccccc2)cc1F. The molecule has 0 aromatic heterocycles. The Morgan fingerprint density at radius 1 is 0.933 bits per heavy atom. The van der Waals surface area contributed by atoms with Gasteiger partial charge in [-0.15, -0.1) is 0 Å². The van der Waals surface area contributed by atoms with Crippen molar-refractivity contribution >= 4 is 0 Å². The van der Waals surface area contributed by atoms with Gasteiger partial charge in [-0.2, -0.15) is 0 Å². The molecule has 0 saturated carbocycles. The highest BCUT2D eigenvalue weighted by atomic mass is 127. The van der Waals surface area contributed by atoms with E-state index in [0.717, 1.165) is 9.13 Å². The average molecular weight is 313 g/mol. The summed E-state index contributed by atoms with van der Waals surface area (Å²) in [5.41, 5.74) is 0.718. The average Bonchev–Trinajstić information content (AvgIpc) is 2.25. The molecule has 0 atom stereocenters. The van der Waals surface area contributed by atoms with Gasteiger partial charge in [-0.25, -0.2) is 4.39 Å².